The minimum absolute atomic E-state index is 0.270. The monoisotopic (exact) mass is 400 g/mol. The van der Waals surface area contributed by atoms with Crippen LogP contribution in [0.5, 0.6) is 0 Å². The van der Waals surface area contributed by atoms with Gasteiger partial charge in [-0.1, -0.05) is 40.4 Å². The molecule has 2 N–H and O–H groups in total. The van der Waals surface area contributed by atoms with E-state index < -0.39 is 6.04 Å². The van der Waals surface area contributed by atoms with Crippen LogP contribution >= 0.6 is 23.2 Å². The van der Waals surface area contributed by atoms with Crippen LogP contribution in [-0.2, 0) is 4.79 Å². The molecule has 0 saturated carbocycles. The van der Waals surface area contributed by atoms with E-state index in [0.29, 0.717) is 33.0 Å². The molecule has 0 aliphatic carbocycles. The summed E-state index contributed by atoms with van der Waals surface area (Å²) in [6.45, 7) is 1.81. The van der Waals surface area contributed by atoms with Crippen LogP contribution in [0, 0.1) is 0 Å². The third-order valence-electron chi connectivity index (χ3n) is 4.23. The van der Waals surface area contributed by atoms with E-state index >= 15 is 0 Å². The Kier molecular flexibility index (Phi) is 4.55. The topological polar surface area (TPSA) is 84.7 Å². The Balaban J connectivity index is 1.76. The molecule has 9 heteroatoms. The molecule has 0 radical (unpaired) electrons. The van der Waals surface area contributed by atoms with Crippen molar-refractivity contribution in [1.82, 2.24) is 20.2 Å². The highest BCUT2D eigenvalue weighted by Crippen LogP contribution is 2.35. The lowest BCUT2D eigenvalue weighted by Gasteiger charge is -2.28. The first-order valence-corrected chi connectivity index (χ1v) is 8.86. The van der Waals surface area contributed by atoms with Crippen LogP contribution in [0.1, 0.15) is 18.5 Å². The second-order valence-electron chi connectivity index (χ2n) is 6.03. The number of carbonyl (C=O) groups excluding carboxylic acids is 1. The molecule has 2 heterocycles. The molecule has 4 rings (SSSR count). The number of aromatic nitrogens is 4. The van der Waals surface area contributed by atoms with E-state index in [4.69, 9.17) is 23.2 Å². The number of rotatable bonds is 3. The van der Waals surface area contributed by atoms with E-state index in [1.165, 1.54) is 0 Å². The number of halogens is 2. The van der Waals surface area contributed by atoms with Crippen molar-refractivity contribution in [3.05, 3.63) is 75.4 Å². The molecule has 0 bridgehead atoms. The normalized spacial score (nSPS) is 15.9. The number of benzene rings is 2. The predicted molar refractivity (Wildman–Crippen MR) is 104 cm³/mol. The Morgan fingerprint density at radius 3 is 2.67 bits per heavy atom. The molecular weight excluding hydrogens is 387 g/mol. The summed E-state index contributed by atoms with van der Waals surface area (Å²) in [5.74, 6) is 0.189. The fraction of sp³-hybridized carbons (Fsp3) is 0.111. The van der Waals surface area contributed by atoms with Gasteiger partial charge in [0.25, 0.3) is 5.91 Å². The summed E-state index contributed by atoms with van der Waals surface area (Å²) in [6, 6.07) is 13.7. The average molecular weight is 401 g/mol. The molecule has 1 aliphatic heterocycles. The molecule has 1 amide bonds. The van der Waals surface area contributed by atoms with Crippen LogP contribution in [-0.4, -0.2) is 26.1 Å². The fourth-order valence-corrected chi connectivity index (χ4v) is 3.35. The number of nitrogens with zero attached hydrogens (tertiary/aromatic N) is 4. The van der Waals surface area contributed by atoms with Crippen molar-refractivity contribution in [3.8, 4) is 0 Å². The molecule has 1 atom stereocenters. The predicted octanol–water partition coefficient (Wildman–Crippen LogP) is 3.91. The maximum atomic E-state index is 13.1. The number of hydrogen-bond acceptors (Lipinski definition) is 5. The second kappa shape index (κ2) is 7.02. The highest BCUT2D eigenvalue weighted by Gasteiger charge is 2.34. The third kappa shape index (κ3) is 3.39. The van der Waals surface area contributed by atoms with Gasteiger partial charge in [-0.2, -0.15) is 4.68 Å². The molecule has 27 heavy (non-hydrogen) atoms. The lowest BCUT2D eigenvalue weighted by atomic mass is 9.95. The number of anilines is 2. The SMILES string of the molecule is CC1=C(C(=O)Nc2ccc(Cl)cc2)[C@H](c2cccc(Cl)c2)n2nnnc2N1. The van der Waals surface area contributed by atoms with Crippen molar-refractivity contribution >= 4 is 40.7 Å². The molecule has 136 valence electrons. The van der Waals surface area contributed by atoms with Gasteiger partial charge >= 0.3 is 0 Å². The average Bonchev–Trinajstić information content (AvgIpc) is 3.10. The maximum Gasteiger partial charge on any atom is 0.255 e. The van der Waals surface area contributed by atoms with Crippen molar-refractivity contribution in [2.75, 3.05) is 10.6 Å². The summed E-state index contributed by atoms with van der Waals surface area (Å²) in [5.41, 5.74) is 2.59. The van der Waals surface area contributed by atoms with Crippen LogP contribution in [0.2, 0.25) is 10.0 Å². The highest BCUT2D eigenvalue weighted by atomic mass is 35.5. The number of tetrazole rings is 1. The minimum atomic E-state index is -0.512. The van der Waals surface area contributed by atoms with Crippen LogP contribution in [0.15, 0.2) is 59.8 Å². The van der Waals surface area contributed by atoms with Gasteiger partial charge in [-0.3, -0.25) is 4.79 Å². The standard InChI is InChI=1S/C18H14Cl2N6O/c1-10-15(17(27)22-14-7-5-12(19)6-8-14)16(11-3-2-4-13(20)9-11)26-18(21-10)23-24-25-26/h2-9,16H,1H3,(H,22,27)(H,21,23,25)/t16-/m0/s1. The van der Waals surface area contributed by atoms with Gasteiger partial charge < -0.3 is 10.6 Å². The quantitative estimate of drug-likeness (QED) is 0.695. The van der Waals surface area contributed by atoms with Crippen molar-refractivity contribution < 1.29 is 4.79 Å². The molecule has 0 unspecified atom stereocenters. The fourth-order valence-electron chi connectivity index (χ4n) is 3.02. The Labute approximate surface area is 165 Å². The molecule has 1 aliphatic rings. The first-order valence-electron chi connectivity index (χ1n) is 8.11. The largest absolute Gasteiger partial charge is 0.326 e. The summed E-state index contributed by atoms with van der Waals surface area (Å²) >= 11 is 12.1. The van der Waals surface area contributed by atoms with Crippen molar-refractivity contribution in [2.24, 2.45) is 0 Å². The lowest BCUT2D eigenvalue weighted by Crippen LogP contribution is -2.31. The molecular formula is C18H14Cl2N6O. The molecule has 1 aromatic heterocycles. The first-order chi connectivity index (χ1) is 13.0. The van der Waals surface area contributed by atoms with Gasteiger partial charge in [-0.25, -0.2) is 0 Å². The highest BCUT2D eigenvalue weighted by molar-refractivity contribution is 6.31. The zero-order valence-corrected chi connectivity index (χ0v) is 15.7. The summed E-state index contributed by atoms with van der Waals surface area (Å²) in [7, 11) is 0. The minimum Gasteiger partial charge on any atom is -0.326 e. The van der Waals surface area contributed by atoms with Gasteiger partial charge in [0, 0.05) is 21.4 Å². The van der Waals surface area contributed by atoms with Crippen molar-refractivity contribution in [1.29, 1.82) is 0 Å². The first kappa shape index (κ1) is 17.5. The lowest BCUT2D eigenvalue weighted by molar-refractivity contribution is -0.113. The van der Waals surface area contributed by atoms with Gasteiger partial charge in [-0.05, 0) is 59.3 Å². The van der Waals surface area contributed by atoms with Crippen LogP contribution in [0.4, 0.5) is 11.6 Å². The molecule has 7 nitrogen and oxygen atoms in total. The molecule has 0 fully saturated rings. The zero-order valence-electron chi connectivity index (χ0n) is 14.1. The molecule has 0 saturated heterocycles. The van der Waals surface area contributed by atoms with Gasteiger partial charge in [0.15, 0.2) is 0 Å². The zero-order chi connectivity index (χ0) is 19.0. The van der Waals surface area contributed by atoms with Gasteiger partial charge in [0.05, 0.1) is 5.57 Å². The smallest absolute Gasteiger partial charge is 0.255 e. The van der Waals surface area contributed by atoms with E-state index in [9.17, 15) is 4.79 Å². The Morgan fingerprint density at radius 1 is 1.15 bits per heavy atom. The molecule has 2 aromatic carbocycles. The molecule has 3 aromatic rings. The number of amides is 1. The van der Waals surface area contributed by atoms with Crippen LogP contribution in [0.3, 0.4) is 0 Å². The number of fused-ring (bicyclic) bond motifs is 1. The maximum absolute atomic E-state index is 13.1. The summed E-state index contributed by atoms with van der Waals surface area (Å²) in [4.78, 5) is 13.1. The van der Waals surface area contributed by atoms with Crippen LogP contribution in [0.25, 0.3) is 0 Å². The van der Waals surface area contributed by atoms with Gasteiger partial charge in [-0.15, -0.1) is 0 Å². The number of hydrogen-bond donors (Lipinski definition) is 2. The van der Waals surface area contributed by atoms with E-state index in [0.717, 1.165) is 5.56 Å². The van der Waals surface area contributed by atoms with E-state index in [1.807, 2.05) is 19.1 Å². The van der Waals surface area contributed by atoms with Crippen molar-refractivity contribution in [3.63, 3.8) is 0 Å². The number of nitrogens with one attached hydrogen (secondary N) is 2. The Hall–Kier alpha value is -2.90. The third-order valence-corrected chi connectivity index (χ3v) is 4.71. The molecule has 0 spiro atoms. The number of carbonyl (C=O) groups is 1. The van der Waals surface area contributed by atoms with Crippen LogP contribution < -0.4 is 10.6 Å². The van der Waals surface area contributed by atoms with E-state index in [-0.39, 0.29) is 5.91 Å². The van der Waals surface area contributed by atoms with E-state index in [2.05, 4.69) is 26.2 Å². The number of allylic oxidation sites excluding steroid dienone is 1. The van der Waals surface area contributed by atoms with Gasteiger partial charge in [0.2, 0.25) is 5.95 Å². The second-order valence-corrected chi connectivity index (χ2v) is 6.90. The van der Waals surface area contributed by atoms with Crippen molar-refractivity contribution in [2.45, 2.75) is 13.0 Å². The summed E-state index contributed by atoms with van der Waals surface area (Å²) in [6.07, 6.45) is 0. The van der Waals surface area contributed by atoms with Gasteiger partial charge in [0.1, 0.15) is 6.04 Å². The Morgan fingerprint density at radius 2 is 1.93 bits per heavy atom. The Bertz CT molecular complexity index is 1040. The van der Waals surface area contributed by atoms with E-state index in [1.54, 1.807) is 41.1 Å². The summed E-state index contributed by atoms with van der Waals surface area (Å²) in [5, 5.41) is 18.9. The summed E-state index contributed by atoms with van der Waals surface area (Å²) < 4.78 is 1.56.